The smallest absolute Gasteiger partial charge is 0.0395 e. The van der Waals surface area contributed by atoms with Crippen molar-refractivity contribution in [2.75, 3.05) is 11.5 Å². The van der Waals surface area contributed by atoms with E-state index in [1.165, 1.54) is 5.56 Å². The Morgan fingerprint density at radius 3 is 1.95 bits per heavy atom. The van der Waals surface area contributed by atoms with Crippen molar-refractivity contribution in [1.82, 2.24) is 0 Å². The molecule has 0 spiro atoms. The largest absolute Gasteiger partial charge is 0.399 e. The third-order valence-corrected chi connectivity index (χ3v) is 2.97. The first kappa shape index (κ1) is 17.6. The van der Waals surface area contributed by atoms with Crippen LogP contribution < -0.4 is 11.5 Å². The standard InChI is InChI=1S/C15H18N2.2ClH/c1-10(2)11-3-5-12(6-4-11)14-9-13(16)7-8-15(14)17;;/h3-10H,16-17H2,1-2H3;2*1H. The molecule has 0 aromatic heterocycles. The summed E-state index contributed by atoms with van der Waals surface area (Å²) in [6.45, 7) is 4.37. The Balaban J connectivity index is 0.00000162. The summed E-state index contributed by atoms with van der Waals surface area (Å²) in [7, 11) is 0. The number of hydrogen-bond acceptors (Lipinski definition) is 2. The molecule has 104 valence electrons. The molecule has 0 saturated carbocycles. The summed E-state index contributed by atoms with van der Waals surface area (Å²) < 4.78 is 0. The lowest BCUT2D eigenvalue weighted by atomic mass is 9.98. The van der Waals surface area contributed by atoms with Crippen LogP contribution in [0.2, 0.25) is 0 Å². The van der Waals surface area contributed by atoms with Gasteiger partial charge in [0, 0.05) is 16.9 Å². The van der Waals surface area contributed by atoms with Gasteiger partial charge in [-0.3, -0.25) is 0 Å². The van der Waals surface area contributed by atoms with Crippen molar-refractivity contribution in [3.8, 4) is 11.1 Å². The zero-order valence-electron chi connectivity index (χ0n) is 11.1. The number of nitrogen functional groups attached to an aromatic ring is 2. The molecule has 0 aliphatic heterocycles. The zero-order chi connectivity index (χ0) is 12.4. The van der Waals surface area contributed by atoms with Gasteiger partial charge < -0.3 is 11.5 Å². The van der Waals surface area contributed by atoms with E-state index < -0.39 is 0 Å². The molecule has 2 nitrogen and oxygen atoms in total. The molecule has 4 heteroatoms. The molecule has 2 rings (SSSR count). The Bertz CT molecular complexity index is 522. The maximum absolute atomic E-state index is 5.96. The summed E-state index contributed by atoms with van der Waals surface area (Å²) in [5.41, 5.74) is 16.7. The maximum atomic E-state index is 5.96. The first-order chi connectivity index (χ1) is 8.08. The molecule has 0 radical (unpaired) electrons. The Labute approximate surface area is 127 Å². The first-order valence-electron chi connectivity index (χ1n) is 5.83. The predicted octanol–water partition coefficient (Wildman–Crippen LogP) is 4.49. The second-order valence-corrected chi connectivity index (χ2v) is 4.62. The van der Waals surface area contributed by atoms with Crippen LogP contribution in [0.25, 0.3) is 11.1 Å². The molecule has 0 saturated heterocycles. The Morgan fingerprint density at radius 2 is 1.42 bits per heavy atom. The van der Waals surface area contributed by atoms with E-state index in [0.717, 1.165) is 22.5 Å². The van der Waals surface area contributed by atoms with Gasteiger partial charge >= 0.3 is 0 Å². The van der Waals surface area contributed by atoms with Crippen molar-refractivity contribution in [1.29, 1.82) is 0 Å². The Kier molecular flexibility index (Phi) is 6.74. The average Bonchev–Trinajstić information content (AvgIpc) is 2.32. The van der Waals surface area contributed by atoms with Gasteiger partial charge in [0.1, 0.15) is 0 Å². The second kappa shape index (κ2) is 7.27. The highest BCUT2D eigenvalue weighted by molar-refractivity contribution is 5.85. The van der Waals surface area contributed by atoms with Gasteiger partial charge in [-0.15, -0.1) is 24.8 Å². The second-order valence-electron chi connectivity index (χ2n) is 4.62. The Hall–Kier alpha value is -1.38. The molecule has 0 aliphatic carbocycles. The van der Waals surface area contributed by atoms with Crippen LogP contribution in [0.3, 0.4) is 0 Å². The van der Waals surface area contributed by atoms with Gasteiger partial charge in [0.2, 0.25) is 0 Å². The minimum atomic E-state index is 0. The number of halogens is 2. The summed E-state index contributed by atoms with van der Waals surface area (Å²) in [6, 6.07) is 14.1. The van der Waals surface area contributed by atoms with Crippen molar-refractivity contribution < 1.29 is 0 Å². The molecular formula is C15H20Cl2N2. The highest BCUT2D eigenvalue weighted by Gasteiger charge is 2.04. The predicted molar refractivity (Wildman–Crippen MR) is 89.3 cm³/mol. The van der Waals surface area contributed by atoms with E-state index in [4.69, 9.17) is 11.5 Å². The lowest BCUT2D eigenvalue weighted by Crippen LogP contribution is -1.93. The van der Waals surface area contributed by atoms with Crippen LogP contribution in [0.15, 0.2) is 42.5 Å². The van der Waals surface area contributed by atoms with Crippen molar-refractivity contribution in [3.63, 3.8) is 0 Å². The first-order valence-corrected chi connectivity index (χ1v) is 5.83. The fourth-order valence-corrected chi connectivity index (χ4v) is 1.87. The number of rotatable bonds is 2. The minimum absolute atomic E-state index is 0. The molecule has 19 heavy (non-hydrogen) atoms. The maximum Gasteiger partial charge on any atom is 0.0395 e. The van der Waals surface area contributed by atoms with Gasteiger partial charge in [-0.1, -0.05) is 38.1 Å². The van der Waals surface area contributed by atoms with Crippen LogP contribution in [-0.2, 0) is 0 Å². The van der Waals surface area contributed by atoms with Gasteiger partial charge in [0.05, 0.1) is 0 Å². The van der Waals surface area contributed by atoms with Gasteiger partial charge in [-0.25, -0.2) is 0 Å². The summed E-state index contributed by atoms with van der Waals surface area (Å²) in [5, 5.41) is 0. The minimum Gasteiger partial charge on any atom is -0.399 e. The van der Waals surface area contributed by atoms with Crippen molar-refractivity contribution in [2.24, 2.45) is 0 Å². The van der Waals surface area contributed by atoms with E-state index in [-0.39, 0.29) is 24.8 Å². The molecule has 2 aromatic carbocycles. The van der Waals surface area contributed by atoms with Crippen LogP contribution in [-0.4, -0.2) is 0 Å². The number of nitrogens with two attached hydrogens (primary N) is 2. The monoisotopic (exact) mass is 298 g/mol. The fraction of sp³-hybridized carbons (Fsp3) is 0.200. The van der Waals surface area contributed by atoms with E-state index in [1.54, 1.807) is 0 Å². The van der Waals surface area contributed by atoms with E-state index in [0.29, 0.717) is 5.92 Å². The van der Waals surface area contributed by atoms with Crippen molar-refractivity contribution in [3.05, 3.63) is 48.0 Å². The summed E-state index contributed by atoms with van der Waals surface area (Å²) in [6.07, 6.45) is 0. The molecule has 0 aliphatic rings. The SMILES string of the molecule is CC(C)c1ccc(-c2cc(N)ccc2N)cc1.Cl.Cl. The van der Waals surface area contributed by atoms with Crippen LogP contribution in [0, 0.1) is 0 Å². The lowest BCUT2D eigenvalue weighted by Gasteiger charge is -2.09. The van der Waals surface area contributed by atoms with Crippen LogP contribution in [0.5, 0.6) is 0 Å². The van der Waals surface area contributed by atoms with Crippen LogP contribution in [0.1, 0.15) is 25.3 Å². The van der Waals surface area contributed by atoms with Gasteiger partial charge in [-0.2, -0.15) is 0 Å². The molecule has 0 atom stereocenters. The fourth-order valence-electron chi connectivity index (χ4n) is 1.87. The van der Waals surface area contributed by atoms with E-state index >= 15 is 0 Å². The number of anilines is 2. The summed E-state index contributed by atoms with van der Waals surface area (Å²) >= 11 is 0. The van der Waals surface area contributed by atoms with E-state index in [1.807, 2.05) is 18.2 Å². The molecule has 0 fully saturated rings. The van der Waals surface area contributed by atoms with Crippen LogP contribution >= 0.6 is 24.8 Å². The van der Waals surface area contributed by atoms with Gasteiger partial charge in [-0.05, 0) is 35.2 Å². The topological polar surface area (TPSA) is 52.0 Å². The molecule has 4 N–H and O–H groups in total. The van der Waals surface area contributed by atoms with E-state index in [9.17, 15) is 0 Å². The van der Waals surface area contributed by atoms with Gasteiger partial charge in [0.15, 0.2) is 0 Å². The quantitative estimate of drug-likeness (QED) is 0.803. The molecule has 2 aromatic rings. The molecule has 0 unspecified atom stereocenters. The molecular weight excluding hydrogens is 279 g/mol. The lowest BCUT2D eigenvalue weighted by molar-refractivity contribution is 0.867. The summed E-state index contributed by atoms with van der Waals surface area (Å²) in [5.74, 6) is 0.544. The van der Waals surface area contributed by atoms with E-state index in [2.05, 4.69) is 38.1 Å². The van der Waals surface area contributed by atoms with Crippen molar-refractivity contribution >= 4 is 36.2 Å². The normalized spacial score (nSPS) is 9.63. The Morgan fingerprint density at radius 1 is 0.842 bits per heavy atom. The molecule has 0 heterocycles. The average molecular weight is 299 g/mol. The van der Waals surface area contributed by atoms with Crippen LogP contribution in [0.4, 0.5) is 11.4 Å². The third kappa shape index (κ3) is 4.05. The summed E-state index contributed by atoms with van der Waals surface area (Å²) in [4.78, 5) is 0. The van der Waals surface area contributed by atoms with Crippen molar-refractivity contribution in [2.45, 2.75) is 19.8 Å². The third-order valence-electron chi connectivity index (χ3n) is 2.97. The number of benzene rings is 2. The van der Waals surface area contributed by atoms with Gasteiger partial charge in [0.25, 0.3) is 0 Å². The highest BCUT2D eigenvalue weighted by Crippen LogP contribution is 2.29. The number of hydrogen-bond donors (Lipinski definition) is 2. The zero-order valence-corrected chi connectivity index (χ0v) is 12.7. The molecule has 0 amide bonds. The molecule has 0 bridgehead atoms. The highest BCUT2D eigenvalue weighted by atomic mass is 35.5.